The van der Waals surface area contributed by atoms with E-state index in [9.17, 15) is 16.8 Å². The molecule has 0 spiro atoms. The molecule has 2 saturated carbocycles. The lowest BCUT2D eigenvalue weighted by Gasteiger charge is -2.22. The molecule has 1 aliphatic heterocycles. The molecular formula is C17H24N2O4S2. The lowest BCUT2D eigenvalue weighted by Crippen LogP contribution is -2.38. The van der Waals surface area contributed by atoms with E-state index in [1.54, 1.807) is 0 Å². The fraction of sp³-hybridized carbons (Fsp3) is 0.647. The van der Waals surface area contributed by atoms with Crippen LogP contribution in [0.5, 0.6) is 0 Å². The topological polar surface area (TPSA) is 83.5 Å². The molecule has 25 heavy (non-hydrogen) atoms. The molecule has 0 amide bonds. The fourth-order valence-electron chi connectivity index (χ4n) is 4.52. The van der Waals surface area contributed by atoms with E-state index in [-0.39, 0.29) is 15.8 Å². The molecule has 6 nitrogen and oxygen atoms in total. The molecule has 3 aliphatic rings. The molecule has 2 bridgehead atoms. The first-order valence-electron chi connectivity index (χ1n) is 8.99. The molecule has 1 aromatic rings. The summed E-state index contributed by atoms with van der Waals surface area (Å²) in [5.41, 5.74) is 0. The average molecular weight is 385 g/mol. The molecule has 0 aromatic heterocycles. The van der Waals surface area contributed by atoms with Crippen LogP contribution in [0, 0.1) is 11.8 Å². The van der Waals surface area contributed by atoms with Gasteiger partial charge >= 0.3 is 0 Å². The van der Waals surface area contributed by atoms with Gasteiger partial charge in [0.1, 0.15) is 0 Å². The first kappa shape index (κ1) is 17.5. The molecule has 1 N–H and O–H groups in total. The van der Waals surface area contributed by atoms with E-state index in [0.717, 1.165) is 32.1 Å². The predicted molar refractivity (Wildman–Crippen MR) is 94.0 cm³/mol. The van der Waals surface area contributed by atoms with E-state index in [0.29, 0.717) is 24.9 Å². The van der Waals surface area contributed by atoms with Gasteiger partial charge in [0.05, 0.1) is 9.79 Å². The van der Waals surface area contributed by atoms with Crippen LogP contribution in [-0.4, -0.2) is 40.3 Å². The predicted octanol–water partition coefficient (Wildman–Crippen LogP) is 1.94. The van der Waals surface area contributed by atoms with Gasteiger partial charge in [0.15, 0.2) is 0 Å². The van der Waals surface area contributed by atoms with E-state index >= 15 is 0 Å². The third-order valence-electron chi connectivity index (χ3n) is 5.88. The molecule has 8 heteroatoms. The smallest absolute Gasteiger partial charge is 0.208 e. The van der Waals surface area contributed by atoms with Crippen LogP contribution in [0.3, 0.4) is 0 Å². The molecule has 1 heterocycles. The fourth-order valence-corrected chi connectivity index (χ4v) is 7.36. The Bertz CT molecular complexity index is 843. The molecule has 3 unspecified atom stereocenters. The highest BCUT2D eigenvalue weighted by molar-refractivity contribution is 7.89. The second kappa shape index (κ2) is 6.33. The maximum atomic E-state index is 12.6. The highest BCUT2D eigenvalue weighted by Gasteiger charge is 2.41. The van der Waals surface area contributed by atoms with Crippen molar-refractivity contribution in [3.63, 3.8) is 0 Å². The quantitative estimate of drug-likeness (QED) is 0.841. The van der Waals surface area contributed by atoms with Gasteiger partial charge in [-0.1, -0.05) is 6.42 Å². The molecule has 138 valence electrons. The van der Waals surface area contributed by atoms with E-state index in [2.05, 4.69) is 4.72 Å². The first-order chi connectivity index (χ1) is 11.9. The normalized spacial score (nSPS) is 30.2. The largest absolute Gasteiger partial charge is 0.243 e. The van der Waals surface area contributed by atoms with Crippen LogP contribution in [0.1, 0.15) is 38.5 Å². The van der Waals surface area contributed by atoms with Crippen LogP contribution in [-0.2, 0) is 20.0 Å². The number of hydrogen-bond donors (Lipinski definition) is 1. The van der Waals surface area contributed by atoms with Gasteiger partial charge in [-0.3, -0.25) is 0 Å². The maximum Gasteiger partial charge on any atom is 0.243 e. The molecular weight excluding hydrogens is 360 g/mol. The van der Waals surface area contributed by atoms with Crippen molar-refractivity contribution in [2.75, 3.05) is 13.1 Å². The molecule has 1 aromatic carbocycles. The van der Waals surface area contributed by atoms with Crippen LogP contribution < -0.4 is 4.72 Å². The third-order valence-corrected chi connectivity index (χ3v) is 9.30. The summed E-state index contributed by atoms with van der Waals surface area (Å²) in [5, 5.41) is 0. The van der Waals surface area contributed by atoms with E-state index in [4.69, 9.17) is 0 Å². The minimum atomic E-state index is -3.61. The second-order valence-corrected chi connectivity index (χ2v) is 11.1. The number of hydrogen-bond acceptors (Lipinski definition) is 4. The van der Waals surface area contributed by atoms with Crippen LogP contribution in [0.25, 0.3) is 0 Å². The highest BCUT2D eigenvalue weighted by Crippen LogP contribution is 2.44. The van der Waals surface area contributed by atoms with Gasteiger partial charge in [-0.15, -0.1) is 0 Å². The second-order valence-electron chi connectivity index (χ2n) is 7.49. The number of benzene rings is 1. The Morgan fingerprint density at radius 2 is 1.52 bits per heavy atom. The number of rotatable bonds is 5. The van der Waals surface area contributed by atoms with Crippen molar-refractivity contribution in [3.05, 3.63) is 24.3 Å². The highest BCUT2D eigenvalue weighted by atomic mass is 32.2. The number of nitrogens with zero attached hydrogens (tertiary/aromatic N) is 1. The van der Waals surface area contributed by atoms with Gasteiger partial charge in [-0.25, -0.2) is 21.6 Å². The van der Waals surface area contributed by atoms with Crippen LogP contribution in [0.4, 0.5) is 0 Å². The van der Waals surface area contributed by atoms with Crippen LogP contribution >= 0.6 is 0 Å². The van der Waals surface area contributed by atoms with Gasteiger partial charge in [0, 0.05) is 19.1 Å². The molecule has 2 aliphatic carbocycles. The maximum absolute atomic E-state index is 12.6. The first-order valence-corrected chi connectivity index (χ1v) is 11.9. The Morgan fingerprint density at radius 3 is 2.08 bits per heavy atom. The van der Waals surface area contributed by atoms with Crippen molar-refractivity contribution in [1.29, 1.82) is 0 Å². The van der Waals surface area contributed by atoms with E-state index < -0.39 is 20.0 Å². The van der Waals surface area contributed by atoms with Crippen LogP contribution in [0.2, 0.25) is 0 Å². The van der Waals surface area contributed by atoms with Crippen LogP contribution in [0.15, 0.2) is 34.1 Å². The Balaban J connectivity index is 1.51. The van der Waals surface area contributed by atoms with Gasteiger partial charge in [-0.05, 0) is 68.2 Å². The van der Waals surface area contributed by atoms with Gasteiger partial charge in [-0.2, -0.15) is 4.31 Å². The van der Waals surface area contributed by atoms with Crippen molar-refractivity contribution >= 4 is 20.0 Å². The molecule has 3 atom stereocenters. The van der Waals surface area contributed by atoms with Crippen molar-refractivity contribution < 1.29 is 16.8 Å². The Morgan fingerprint density at radius 1 is 0.880 bits per heavy atom. The summed E-state index contributed by atoms with van der Waals surface area (Å²) in [4.78, 5) is 0.295. The summed E-state index contributed by atoms with van der Waals surface area (Å²) < 4.78 is 54.6. The number of nitrogens with one attached hydrogen (secondary N) is 1. The minimum Gasteiger partial charge on any atom is -0.208 e. The Labute approximate surface area is 149 Å². The summed E-state index contributed by atoms with van der Waals surface area (Å²) in [6.45, 7) is 1.07. The number of sulfonamides is 2. The molecule has 0 radical (unpaired) electrons. The zero-order valence-corrected chi connectivity index (χ0v) is 15.7. The average Bonchev–Trinajstić information content (AvgIpc) is 3.32. The zero-order valence-electron chi connectivity index (χ0n) is 14.1. The monoisotopic (exact) mass is 384 g/mol. The summed E-state index contributed by atoms with van der Waals surface area (Å²) in [6, 6.07) is 5.64. The summed E-state index contributed by atoms with van der Waals surface area (Å²) >= 11 is 0. The molecule has 4 rings (SSSR count). The Kier molecular flexibility index (Phi) is 4.42. The number of fused-ring (bicyclic) bond motifs is 2. The van der Waals surface area contributed by atoms with Crippen molar-refractivity contribution in [3.8, 4) is 0 Å². The van der Waals surface area contributed by atoms with Crippen molar-refractivity contribution in [2.45, 2.75) is 54.4 Å². The van der Waals surface area contributed by atoms with Crippen molar-refractivity contribution in [1.82, 2.24) is 9.03 Å². The molecule has 3 fully saturated rings. The lowest BCUT2D eigenvalue weighted by atomic mass is 9.96. The van der Waals surface area contributed by atoms with Gasteiger partial charge in [0.2, 0.25) is 20.0 Å². The summed E-state index contributed by atoms with van der Waals surface area (Å²) in [7, 11) is -7.12. The third kappa shape index (κ3) is 3.25. The zero-order chi connectivity index (χ0) is 17.7. The SMILES string of the molecule is O=S(=O)(NC1CC2CCC1C2)c1ccc(S(=O)(=O)N2CCCC2)cc1. The van der Waals surface area contributed by atoms with Crippen molar-refractivity contribution in [2.24, 2.45) is 11.8 Å². The lowest BCUT2D eigenvalue weighted by molar-refractivity contribution is 0.390. The summed E-state index contributed by atoms with van der Waals surface area (Å²) in [5.74, 6) is 1.11. The van der Waals surface area contributed by atoms with Gasteiger partial charge in [0.25, 0.3) is 0 Å². The summed E-state index contributed by atoms with van der Waals surface area (Å²) in [6.07, 6.45) is 6.11. The van der Waals surface area contributed by atoms with E-state index in [1.807, 2.05) is 0 Å². The standard InChI is InChI=1S/C17H24N2O4S2/c20-24(21,18-17-12-13-3-4-14(17)11-13)15-5-7-16(8-6-15)25(22,23)19-9-1-2-10-19/h5-8,13-14,17-18H,1-4,9-12H2. The van der Waals surface area contributed by atoms with Gasteiger partial charge < -0.3 is 0 Å². The minimum absolute atomic E-state index is 0.0248. The molecule has 1 saturated heterocycles. The van der Waals surface area contributed by atoms with E-state index in [1.165, 1.54) is 35.0 Å². The Hall–Kier alpha value is -0.960.